The highest BCUT2D eigenvalue weighted by molar-refractivity contribution is 5.47. The molecule has 4 nitrogen and oxygen atoms in total. The number of benzene rings is 2. The number of hydrogen-bond donors (Lipinski definition) is 2. The molecule has 2 N–H and O–H groups in total. The second-order valence-corrected chi connectivity index (χ2v) is 7.07. The van der Waals surface area contributed by atoms with Crippen LogP contribution in [-0.2, 0) is 4.79 Å². The fraction of sp³-hybridized carbons (Fsp3) is 0.409. The summed E-state index contributed by atoms with van der Waals surface area (Å²) in [6.07, 6.45) is 3.34. The summed E-state index contributed by atoms with van der Waals surface area (Å²) in [5.41, 5.74) is 2.17. The van der Waals surface area contributed by atoms with Crippen LogP contribution >= 0.6 is 0 Å². The van der Waals surface area contributed by atoms with Gasteiger partial charge in [0.15, 0.2) is 0 Å². The van der Waals surface area contributed by atoms with Gasteiger partial charge in [-0.05, 0) is 49.4 Å². The summed E-state index contributed by atoms with van der Waals surface area (Å²) in [6, 6.07) is 20.1. The molecule has 1 fully saturated rings. The molecule has 0 aromatic heterocycles. The fourth-order valence-electron chi connectivity index (χ4n) is 3.84. The Balaban J connectivity index is 1.48. The number of aliphatic hydroxyl groups excluding tert-OH is 1. The number of likely N-dealkylation sites (tertiary alicyclic amines) is 1. The number of carbonyl (C=O) groups is 1. The van der Waals surface area contributed by atoms with Gasteiger partial charge in [-0.1, -0.05) is 60.7 Å². The van der Waals surface area contributed by atoms with Gasteiger partial charge in [0.2, 0.25) is 6.41 Å². The number of nitrogens with zero attached hydrogens (tertiary/aromatic N) is 1. The van der Waals surface area contributed by atoms with E-state index in [9.17, 15) is 9.90 Å². The van der Waals surface area contributed by atoms with Crippen LogP contribution in [0.15, 0.2) is 60.7 Å². The van der Waals surface area contributed by atoms with Gasteiger partial charge >= 0.3 is 0 Å². The van der Waals surface area contributed by atoms with E-state index in [4.69, 9.17) is 0 Å². The molecule has 1 aliphatic heterocycles. The number of rotatable bonds is 8. The van der Waals surface area contributed by atoms with Crippen LogP contribution < -0.4 is 5.32 Å². The van der Waals surface area contributed by atoms with Crippen molar-refractivity contribution in [1.29, 1.82) is 0 Å². The first kappa shape index (κ1) is 18.6. The summed E-state index contributed by atoms with van der Waals surface area (Å²) in [7, 11) is 0. The molecule has 26 heavy (non-hydrogen) atoms. The molecule has 1 heterocycles. The standard InChI is InChI=1S/C22H28N2O2/c25-17-23-21(18-7-3-1-4-8-18)13-16-24-14-11-20(12-15-24)22(26)19-9-5-2-6-10-19/h1-10,17,20-22,26H,11-16H2,(H,23,25). The molecular formula is C22H28N2O2. The number of nitrogens with one attached hydrogen (secondary N) is 1. The van der Waals surface area contributed by atoms with Crippen LogP contribution in [0.25, 0.3) is 0 Å². The van der Waals surface area contributed by atoms with E-state index >= 15 is 0 Å². The lowest BCUT2D eigenvalue weighted by atomic mass is 9.87. The third-order valence-corrected chi connectivity index (χ3v) is 5.43. The van der Waals surface area contributed by atoms with Crippen LogP contribution in [0, 0.1) is 5.92 Å². The van der Waals surface area contributed by atoms with E-state index in [0.717, 1.165) is 56.4 Å². The van der Waals surface area contributed by atoms with Crippen molar-refractivity contribution in [2.24, 2.45) is 5.92 Å². The summed E-state index contributed by atoms with van der Waals surface area (Å²) in [5.74, 6) is 0.326. The van der Waals surface area contributed by atoms with Gasteiger partial charge in [0.1, 0.15) is 0 Å². The highest BCUT2D eigenvalue weighted by atomic mass is 16.3. The molecule has 0 aliphatic carbocycles. The van der Waals surface area contributed by atoms with Crippen molar-refractivity contribution >= 4 is 6.41 Å². The van der Waals surface area contributed by atoms with Crippen LogP contribution in [0.1, 0.15) is 42.5 Å². The van der Waals surface area contributed by atoms with E-state index in [0.29, 0.717) is 5.92 Å². The Bertz CT molecular complexity index is 654. The van der Waals surface area contributed by atoms with E-state index < -0.39 is 0 Å². The predicted molar refractivity (Wildman–Crippen MR) is 104 cm³/mol. The first-order valence-corrected chi connectivity index (χ1v) is 9.48. The van der Waals surface area contributed by atoms with Gasteiger partial charge in [-0.3, -0.25) is 4.79 Å². The minimum Gasteiger partial charge on any atom is -0.388 e. The van der Waals surface area contributed by atoms with Crippen molar-refractivity contribution in [1.82, 2.24) is 10.2 Å². The van der Waals surface area contributed by atoms with Crippen LogP contribution in [0.5, 0.6) is 0 Å². The number of hydrogen-bond acceptors (Lipinski definition) is 3. The first-order chi connectivity index (χ1) is 12.8. The van der Waals surface area contributed by atoms with E-state index in [2.05, 4.69) is 22.3 Å². The van der Waals surface area contributed by atoms with Crippen LogP contribution in [0.4, 0.5) is 0 Å². The molecule has 0 radical (unpaired) electrons. The van der Waals surface area contributed by atoms with Gasteiger partial charge in [0, 0.05) is 6.54 Å². The monoisotopic (exact) mass is 352 g/mol. The lowest BCUT2D eigenvalue weighted by Gasteiger charge is -2.35. The maximum atomic E-state index is 10.9. The molecule has 2 atom stereocenters. The highest BCUT2D eigenvalue weighted by Crippen LogP contribution is 2.31. The van der Waals surface area contributed by atoms with E-state index in [-0.39, 0.29) is 12.1 Å². The molecule has 4 heteroatoms. The van der Waals surface area contributed by atoms with Crippen molar-refractivity contribution in [2.75, 3.05) is 19.6 Å². The Hall–Kier alpha value is -2.17. The lowest BCUT2D eigenvalue weighted by Crippen LogP contribution is -2.37. The van der Waals surface area contributed by atoms with Crippen LogP contribution in [0.2, 0.25) is 0 Å². The lowest BCUT2D eigenvalue weighted by molar-refractivity contribution is -0.110. The van der Waals surface area contributed by atoms with Crippen molar-refractivity contribution in [3.05, 3.63) is 71.8 Å². The average molecular weight is 352 g/mol. The first-order valence-electron chi connectivity index (χ1n) is 9.48. The largest absolute Gasteiger partial charge is 0.388 e. The summed E-state index contributed by atoms with van der Waals surface area (Å²) in [4.78, 5) is 13.4. The number of piperidine rings is 1. The molecule has 2 aromatic rings. The average Bonchev–Trinajstić information content (AvgIpc) is 2.72. The van der Waals surface area contributed by atoms with E-state index in [1.165, 1.54) is 0 Å². The second kappa shape index (κ2) is 9.51. The molecule has 2 aromatic carbocycles. The fourth-order valence-corrected chi connectivity index (χ4v) is 3.84. The quantitative estimate of drug-likeness (QED) is 0.717. The summed E-state index contributed by atoms with van der Waals surface area (Å²) < 4.78 is 0. The summed E-state index contributed by atoms with van der Waals surface area (Å²) in [5, 5.41) is 13.5. The maximum Gasteiger partial charge on any atom is 0.207 e. The highest BCUT2D eigenvalue weighted by Gasteiger charge is 2.26. The number of amides is 1. The van der Waals surface area contributed by atoms with Crippen molar-refractivity contribution in [3.8, 4) is 0 Å². The normalized spacial score (nSPS) is 18.2. The van der Waals surface area contributed by atoms with Gasteiger partial charge in [-0.25, -0.2) is 0 Å². The van der Waals surface area contributed by atoms with Gasteiger partial charge < -0.3 is 15.3 Å². The van der Waals surface area contributed by atoms with Gasteiger partial charge in [0.05, 0.1) is 12.1 Å². The number of aliphatic hydroxyl groups is 1. The zero-order valence-electron chi connectivity index (χ0n) is 15.1. The zero-order valence-corrected chi connectivity index (χ0v) is 15.1. The SMILES string of the molecule is O=CNC(CCN1CCC(C(O)c2ccccc2)CC1)c1ccccc1. The molecule has 2 unspecified atom stereocenters. The third kappa shape index (κ3) is 4.93. The van der Waals surface area contributed by atoms with E-state index in [1.54, 1.807) is 0 Å². The van der Waals surface area contributed by atoms with Crippen molar-refractivity contribution in [2.45, 2.75) is 31.4 Å². The maximum absolute atomic E-state index is 10.9. The third-order valence-electron chi connectivity index (χ3n) is 5.43. The molecule has 3 rings (SSSR count). The molecule has 1 aliphatic rings. The second-order valence-electron chi connectivity index (χ2n) is 7.07. The smallest absolute Gasteiger partial charge is 0.207 e. The van der Waals surface area contributed by atoms with Gasteiger partial charge in [-0.2, -0.15) is 0 Å². The molecule has 0 spiro atoms. The van der Waals surface area contributed by atoms with Crippen molar-refractivity contribution < 1.29 is 9.90 Å². The zero-order chi connectivity index (χ0) is 18.2. The molecule has 0 saturated carbocycles. The molecule has 138 valence electrons. The molecular weight excluding hydrogens is 324 g/mol. The predicted octanol–water partition coefficient (Wildman–Crippen LogP) is 3.31. The van der Waals surface area contributed by atoms with E-state index in [1.807, 2.05) is 48.5 Å². The molecule has 1 saturated heterocycles. The van der Waals surface area contributed by atoms with Gasteiger partial charge in [0.25, 0.3) is 0 Å². The number of carbonyl (C=O) groups excluding carboxylic acids is 1. The topological polar surface area (TPSA) is 52.6 Å². The molecule has 0 bridgehead atoms. The Morgan fingerprint density at radius 3 is 2.15 bits per heavy atom. The minimum atomic E-state index is -0.368. The Morgan fingerprint density at radius 1 is 1.00 bits per heavy atom. The Labute approximate surface area is 155 Å². The molecule has 1 amide bonds. The van der Waals surface area contributed by atoms with Crippen LogP contribution in [0.3, 0.4) is 0 Å². The summed E-state index contributed by atoms with van der Waals surface area (Å²) in [6.45, 7) is 2.95. The van der Waals surface area contributed by atoms with Crippen LogP contribution in [-0.4, -0.2) is 36.1 Å². The Kier molecular flexibility index (Phi) is 6.81. The minimum absolute atomic E-state index is 0.0568. The van der Waals surface area contributed by atoms with Gasteiger partial charge in [-0.15, -0.1) is 0 Å². The Morgan fingerprint density at radius 2 is 1.58 bits per heavy atom. The summed E-state index contributed by atoms with van der Waals surface area (Å²) >= 11 is 0. The van der Waals surface area contributed by atoms with Crippen molar-refractivity contribution in [3.63, 3.8) is 0 Å².